The zero-order valence-corrected chi connectivity index (χ0v) is 14.4. The van der Waals surface area contributed by atoms with Crippen molar-refractivity contribution in [3.05, 3.63) is 52.2 Å². The summed E-state index contributed by atoms with van der Waals surface area (Å²) in [4.78, 5) is 23.3. The van der Waals surface area contributed by atoms with Crippen molar-refractivity contribution in [2.24, 2.45) is 0 Å². The maximum atomic E-state index is 11.7. The molecule has 24 heavy (non-hydrogen) atoms. The Labute approximate surface area is 145 Å². The number of ether oxygens (including phenoxy) is 2. The highest BCUT2D eigenvalue weighted by Gasteiger charge is 2.08. The first-order valence-electron chi connectivity index (χ1n) is 7.74. The predicted molar refractivity (Wildman–Crippen MR) is 93.3 cm³/mol. The summed E-state index contributed by atoms with van der Waals surface area (Å²) >= 11 is 1.59. The Kier molecular flexibility index (Phi) is 7.29. The molecule has 6 heteroatoms. The van der Waals surface area contributed by atoms with E-state index >= 15 is 0 Å². The van der Waals surface area contributed by atoms with Crippen LogP contribution in [0.4, 0.5) is 0 Å². The average Bonchev–Trinajstić information content (AvgIpc) is 3.12. The fourth-order valence-electron chi connectivity index (χ4n) is 2.20. The van der Waals surface area contributed by atoms with Gasteiger partial charge in [-0.1, -0.05) is 18.2 Å². The number of esters is 1. The van der Waals surface area contributed by atoms with Gasteiger partial charge in [0, 0.05) is 13.0 Å². The van der Waals surface area contributed by atoms with Gasteiger partial charge in [-0.3, -0.25) is 9.59 Å². The molecule has 0 saturated carbocycles. The number of benzene rings is 1. The molecule has 0 radical (unpaired) electrons. The van der Waals surface area contributed by atoms with Crippen LogP contribution in [0.25, 0.3) is 0 Å². The second-order valence-electron chi connectivity index (χ2n) is 5.20. The third-order valence-corrected chi connectivity index (χ3v) is 4.20. The number of carbonyl (C=O) groups excluding carboxylic acids is 2. The van der Waals surface area contributed by atoms with Crippen LogP contribution in [-0.2, 0) is 27.2 Å². The van der Waals surface area contributed by atoms with E-state index in [0.717, 1.165) is 16.9 Å². The predicted octanol–water partition coefficient (Wildman–Crippen LogP) is 2.59. The molecule has 0 aliphatic heterocycles. The molecule has 0 unspecified atom stereocenters. The molecule has 0 aliphatic rings. The summed E-state index contributed by atoms with van der Waals surface area (Å²) in [6.07, 6.45) is 1.57. The summed E-state index contributed by atoms with van der Waals surface area (Å²) in [6, 6.07) is 9.63. The van der Waals surface area contributed by atoms with E-state index in [1.54, 1.807) is 18.4 Å². The quantitative estimate of drug-likeness (QED) is 0.708. The van der Waals surface area contributed by atoms with Crippen molar-refractivity contribution in [2.75, 3.05) is 20.3 Å². The molecule has 2 aromatic rings. The molecule has 2 rings (SSSR count). The van der Waals surface area contributed by atoms with Gasteiger partial charge in [0.15, 0.2) is 6.61 Å². The van der Waals surface area contributed by atoms with Crippen LogP contribution in [0.5, 0.6) is 5.75 Å². The lowest BCUT2D eigenvalue weighted by atomic mass is 10.1. The number of amides is 1. The topological polar surface area (TPSA) is 64.6 Å². The standard InChI is InChI=1S/C18H21NO4S/c1-22-16-5-3-2-4-15(16)8-10-19-17(20)12-23-18(21)7-6-14-9-11-24-13-14/h2-5,9,11,13H,6-8,10,12H2,1H3,(H,19,20). The van der Waals surface area contributed by atoms with Crippen molar-refractivity contribution in [1.82, 2.24) is 5.32 Å². The Morgan fingerprint density at radius 1 is 1.17 bits per heavy atom. The molecule has 0 aliphatic carbocycles. The lowest BCUT2D eigenvalue weighted by Crippen LogP contribution is -2.30. The Bertz CT molecular complexity index is 655. The Hall–Kier alpha value is -2.34. The Balaban J connectivity index is 1.61. The molecule has 0 spiro atoms. The first kappa shape index (κ1) is 18.0. The van der Waals surface area contributed by atoms with E-state index in [4.69, 9.17) is 9.47 Å². The molecule has 1 N–H and O–H groups in total. The molecule has 0 fully saturated rings. The molecular formula is C18H21NO4S. The number of hydrogen-bond acceptors (Lipinski definition) is 5. The molecule has 0 bridgehead atoms. The number of hydrogen-bond donors (Lipinski definition) is 1. The van der Waals surface area contributed by atoms with Crippen molar-refractivity contribution in [3.63, 3.8) is 0 Å². The Morgan fingerprint density at radius 2 is 2.00 bits per heavy atom. The maximum absolute atomic E-state index is 11.7. The zero-order valence-electron chi connectivity index (χ0n) is 13.6. The molecule has 1 aromatic carbocycles. The SMILES string of the molecule is COc1ccccc1CCNC(=O)COC(=O)CCc1ccsc1. The van der Waals surface area contributed by atoms with Crippen molar-refractivity contribution in [2.45, 2.75) is 19.3 Å². The number of methoxy groups -OCH3 is 1. The lowest BCUT2D eigenvalue weighted by Gasteiger charge is -2.09. The van der Waals surface area contributed by atoms with Crippen molar-refractivity contribution >= 4 is 23.2 Å². The van der Waals surface area contributed by atoms with Gasteiger partial charge in [0.05, 0.1) is 7.11 Å². The van der Waals surface area contributed by atoms with Gasteiger partial charge in [0.1, 0.15) is 5.75 Å². The lowest BCUT2D eigenvalue weighted by molar-refractivity contribution is -0.148. The smallest absolute Gasteiger partial charge is 0.306 e. The van der Waals surface area contributed by atoms with Gasteiger partial charge >= 0.3 is 5.97 Å². The van der Waals surface area contributed by atoms with Gasteiger partial charge < -0.3 is 14.8 Å². The normalized spacial score (nSPS) is 10.2. The van der Waals surface area contributed by atoms with Crippen LogP contribution in [0, 0.1) is 0 Å². The first-order chi connectivity index (χ1) is 11.7. The largest absolute Gasteiger partial charge is 0.496 e. The maximum Gasteiger partial charge on any atom is 0.306 e. The van der Waals surface area contributed by atoms with Gasteiger partial charge in [-0.05, 0) is 46.9 Å². The molecule has 1 heterocycles. The van der Waals surface area contributed by atoms with E-state index in [1.165, 1.54) is 0 Å². The van der Waals surface area contributed by atoms with Crippen LogP contribution >= 0.6 is 11.3 Å². The Morgan fingerprint density at radius 3 is 2.75 bits per heavy atom. The van der Waals surface area contributed by atoms with Crippen molar-refractivity contribution in [1.29, 1.82) is 0 Å². The highest BCUT2D eigenvalue weighted by atomic mass is 32.1. The van der Waals surface area contributed by atoms with Gasteiger partial charge in [0.25, 0.3) is 5.91 Å². The highest BCUT2D eigenvalue weighted by molar-refractivity contribution is 7.07. The van der Waals surface area contributed by atoms with E-state index in [9.17, 15) is 9.59 Å². The van der Waals surface area contributed by atoms with Crippen LogP contribution in [0.2, 0.25) is 0 Å². The van der Waals surface area contributed by atoms with E-state index < -0.39 is 0 Å². The number of carbonyl (C=O) groups is 2. The molecular weight excluding hydrogens is 326 g/mol. The van der Waals surface area contributed by atoms with Crippen LogP contribution in [0.1, 0.15) is 17.5 Å². The van der Waals surface area contributed by atoms with Gasteiger partial charge in [0.2, 0.25) is 0 Å². The fraction of sp³-hybridized carbons (Fsp3) is 0.333. The van der Waals surface area contributed by atoms with Gasteiger partial charge in [-0.15, -0.1) is 0 Å². The van der Waals surface area contributed by atoms with Crippen LogP contribution in [0.3, 0.4) is 0 Å². The van der Waals surface area contributed by atoms with Crippen LogP contribution in [0.15, 0.2) is 41.1 Å². The van der Waals surface area contributed by atoms with E-state index in [0.29, 0.717) is 19.4 Å². The molecule has 5 nitrogen and oxygen atoms in total. The number of rotatable bonds is 9. The zero-order chi connectivity index (χ0) is 17.2. The second-order valence-corrected chi connectivity index (χ2v) is 5.98. The van der Waals surface area contributed by atoms with E-state index in [-0.39, 0.29) is 24.9 Å². The van der Waals surface area contributed by atoms with Gasteiger partial charge in [-0.2, -0.15) is 11.3 Å². The van der Waals surface area contributed by atoms with E-state index in [1.807, 2.05) is 41.1 Å². The summed E-state index contributed by atoms with van der Waals surface area (Å²) in [5.41, 5.74) is 2.13. The number of nitrogens with one attached hydrogen (secondary N) is 1. The summed E-state index contributed by atoms with van der Waals surface area (Å²) in [5, 5.41) is 6.70. The molecule has 1 amide bonds. The first-order valence-corrected chi connectivity index (χ1v) is 8.68. The minimum absolute atomic E-state index is 0.242. The highest BCUT2D eigenvalue weighted by Crippen LogP contribution is 2.17. The minimum atomic E-state index is -0.360. The average molecular weight is 347 g/mol. The fourth-order valence-corrected chi connectivity index (χ4v) is 2.90. The monoisotopic (exact) mass is 347 g/mol. The molecule has 0 saturated heterocycles. The summed E-state index contributed by atoms with van der Waals surface area (Å²) in [7, 11) is 1.62. The molecule has 0 atom stereocenters. The number of aryl methyl sites for hydroxylation is 1. The third-order valence-electron chi connectivity index (χ3n) is 3.47. The summed E-state index contributed by atoms with van der Waals surface area (Å²) in [5.74, 6) is 0.140. The van der Waals surface area contributed by atoms with Gasteiger partial charge in [-0.25, -0.2) is 0 Å². The number of thiophene rings is 1. The third kappa shape index (κ3) is 6.04. The summed E-state index contributed by atoms with van der Waals surface area (Å²) in [6.45, 7) is 0.222. The minimum Gasteiger partial charge on any atom is -0.496 e. The number of para-hydroxylation sites is 1. The molecule has 128 valence electrons. The van der Waals surface area contributed by atoms with Crippen LogP contribution in [-0.4, -0.2) is 32.1 Å². The molecule has 1 aromatic heterocycles. The van der Waals surface area contributed by atoms with Crippen LogP contribution < -0.4 is 10.1 Å². The summed E-state index contributed by atoms with van der Waals surface area (Å²) < 4.78 is 10.2. The van der Waals surface area contributed by atoms with Crippen molar-refractivity contribution in [3.8, 4) is 5.75 Å². The van der Waals surface area contributed by atoms with E-state index in [2.05, 4.69) is 5.32 Å². The van der Waals surface area contributed by atoms with Crippen molar-refractivity contribution < 1.29 is 19.1 Å². The second kappa shape index (κ2) is 9.72.